The number of nitrogens with one attached hydrogen (secondary N) is 1. The Labute approximate surface area is 151 Å². The Kier molecular flexibility index (Phi) is 7.73. The summed E-state index contributed by atoms with van der Waals surface area (Å²) >= 11 is 0. The molecule has 0 unspecified atom stereocenters. The standard InChI is InChI=1S/C18H15F3N2O.C2H6/c1-3-4-5-11-9-13(20)16(21)17(15(11)18(22)24)23-14-7-6-10(2)8-12(14)19;1-2/h6-9,23H,3H2,1-2H3,(H2,22,24);1-2H3. The molecule has 0 bridgehead atoms. The highest BCUT2D eigenvalue weighted by molar-refractivity contribution is 6.02. The zero-order valence-corrected chi connectivity index (χ0v) is 15.1. The van der Waals surface area contributed by atoms with Gasteiger partial charge in [-0.15, -0.1) is 0 Å². The summed E-state index contributed by atoms with van der Waals surface area (Å²) in [6.07, 6.45) is 0.451. The lowest BCUT2D eigenvalue weighted by Crippen LogP contribution is -2.17. The minimum absolute atomic E-state index is 0.0572. The van der Waals surface area contributed by atoms with Crippen LogP contribution in [0.15, 0.2) is 24.3 Å². The molecule has 0 aliphatic heterocycles. The van der Waals surface area contributed by atoms with Crippen LogP contribution in [0.2, 0.25) is 0 Å². The number of rotatable bonds is 3. The van der Waals surface area contributed by atoms with Gasteiger partial charge in [-0.2, -0.15) is 0 Å². The molecule has 3 N–H and O–H groups in total. The van der Waals surface area contributed by atoms with Crippen LogP contribution in [0.5, 0.6) is 0 Å². The minimum atomic E-state index is -1.33. The molecule has 2 rings (SSSR count). The summed E-state index contributed by atoms with van der Waals surface area (Å²) in [6, 6.07) is 4.97. The van der Waals surface area contributed by atoms with E-state index in [4.69, 9.17) is 5.73 Å². The van der Waals surface area contributed by atoms with Gasteiger partial charge in [-0.1, -0.05) is 38.7 Å². The Balaban J connectivity index is 0.00000163. The molecule has 0 heterocycles. The second kappa shape index (κ2) is 9.52. The topological polar surface area (TPSA) is 55.1 Å². The van der Waals surface area contributed by atoms with Gasteiger partial charge < -0.3 is 11.1 Å². The molecule has 6 heteroatoms. The quantitative estimate of drug-likeness (QED) is 0.752. The van der Waals surface area contributed by atoms with E-state index in [1.165, 1.54) is 12.1 Å². The van der Waals surface area contributed by atoms with Gasteiger partial charge in [0.25, 0.3) is 5.91 Å². The number of benzene rings is 2. The summed E-state index contributed by atoms with van der Waals surface area (Å²) in [4.78, 5) is 11.7. The molecular formula is C20H21F3N2O. The summed E-state index contributed by atoms with van der Waals surface area (Å²) in [6.45, 7) is 7.45. The zero-order valence-electron chi connectivity index (χ0n) is 15.1. The summed E-state index contributed by atoms with van der Waals surface area (Å²) in [7, 11) is 0. The van der Waals surface area contributed by atoms with Crippen molar-refractivity contribution in [2.45, 2.75) is 34.1 Å². The van der Waals surface area contributed by atoms with Gasteiger partial charge in [0.15, 0.2) is 11.6 Å². The van der Waals surface area contributed by atoms with Crippen LogP contribution in [0.3, 0.4) is 0 Å². The molecule has 0 radical (unpaired) electrons. The highest BCUT2D eigenvalue weighted by Crippen LogP contribution is 2.30. The molecule has 0 atom stereocenters. The number of halogens is 3. The van der Waals surface area contributed by atoms with Gasteiger partial charge in [-0.05, 0) is 30.7 Å². The monoisotopic (exact) mass is 362 g/mol. The third kappa shape index (κ3) is 4.79. The number of aryl methyl sites for hydroxylation is 1. The van der Waals surface area contributed by atoms with Crippen molar-refractivity contribution in [2.75, 3.05) is 5.32 Å². The maximum absolute atomic E-state index is 14.2. The van der Waals surface area contributed by atoms with Crippen molar-refractivity contribution in [1.29, 1.82) is 0 Å². The SMILES string of the molecule is CC.CCC#Cc1cc(F)c(F)c(Nc2ccc(C)cc2F)c1C(N)=O. The van der Waals surface area contributed by atoms with Crippen molar-refractivity contribution in [3.63, 3.8) is 0 Å². The maximum atomic E-state index is 14.2. The number of primary amides is 1. The summed E-state index contributed by atoms with van der Waals surface area (Å²) < 4.78 is 42.0. The molecular weight excluding hydrogens is 341 g/mol. The number of anilines is 2. The van der Waals surface area contributed by atoms with Crippen LogP contribution < -0.4 is 11.1 Å². The number of hydrogen-bond acceptors (Lipinski definition) is 2. The van der Waals surface area contributed by atoms with Crippen LogP contribution in [0.1, 0.15) is 48.7 Å². The molecule has 1 amide bonds. The van der Waals surface area contributed by atoms with Crippen molar-refractivity contribution in [1.82, 2.24) is 0 Å². The van der Waals surface area contributed by atoms with E-state index < -0.39 is 29.0 Å². The fraction of sp³-hybridized carbons (Fsp3) is 0.250. The van der Waals surface area contributed by atoms with Crippen LogP contribution in [0.4, 0.5) is 24.5 Å². The molecule has 0 aliphatic carbocycles. The molecule has 26 heavy (non-hydrogen) atoms. The highest BCUT2D eigenvalue weighted by Gasteiger charge is 2.22. The number of amides is 1. The van der Waals surface area contributed by atoms with Crippen molar-refractivity contribution in [2.24, 2.45) is 5.73 Å². The van der Waals surface area contributed by atoms with Gasteiger partial charge in [-0.3, -0.25) is 4.79 Å². The van der Waals surface area contributed by atoms with E-state index in [0.717, 1.165) is 6.07 Å². The van der Waals surface area contributed by atoms with E-state index >= 15 is 0 Å². The van der Waals surface area contributed by atoms with Gasteiger partial charge in [0.05, 0.1) is 16.9 Å². The predicted octanol–water partition coefficient (Wildman–Crippen LogP) is 5.04. The van der Waals surface area contributed by atoms with Gasteiger partial charge in [0.1, 0.15) is 5.82 Å². The van der Waals surface area contributed by atoms with E-state index in [9.17, 15) is 18.0 Å². The molecule has 138 valence electrons. The first-order valence-corrected chi connectivity index (χ1v) is 8.19. The van der Waals surface area contributed by atoms with E-state index in [-0.39, 0.29) is 16.8 Å². The summed E-state index contributed by atoms with van der Waals surface area (Å²) in [5.74, 6) is 1.03. The Morgan fingerprint density at radius 2 is 1.81 bits per heavy atom. The smallest absolute Gasteiger partial charge is 0.252 e. The van der Waals surface area contributed by atoms with Crippen molar-refractivity contribution in [3.05, 3.63) is 58.4 Å². The van der Waals surface area contributed by atoms with E-state index in [1.54, 1.807) is 19.9 Å². The second-order valence-corrected chi connectivity index (χ2v) is 5.10. The van der Waals surface area contributed by atoms with Crippen LogP contribution in [0.25, 0.3) is 0 Å². The third-order valence-electron chi connectivity index (χ3n) is 3.25. The Hall–Kier alpha value is -2.94. The molecule has 0 aliphatic rings. The first kappa shape index (κ1) is 21.1. The van der Waals surface area contributed by atoms with E-state index in [2.05, 4.69) is 17.2 Å². The Morgan fingerprint density at radius 3 is 2.35 bits per heavy atom. The number of carbonyl (C=O) groups excluding carboxylic acids is 1. The van der Waals surface area contributed by atoms with Gasteiger partial charge in [0.2, 0.25) is 0 Å². The molecule has 0 spiro atoms. The van der Waals surface area contributed by atoms with Gasteiger partial charge in [-0.25, -0.2) is 13.2 Å². The van der Waals surface area contributed by atoms with Crippen molar-refractivity contribution >= 4 is 17.3 Å². The Morgan fingerprint density at radius 1 is 1.15 bits per heavy atom. The predicted molar refractivity (Wildman–Crippen MR) is 97.8 cm³/mol. The maximum Gasteiger partial charge on any atom is 0.252 e. The average molecular weight is 362 g/mol. The zero-order chi connectivity index (χ0) is 19.9. The van der Waals surface area contributed by atoms with E-state index in [1.807, 2.05) is 13.8 Å². The summed E-state index contributed by atoms with van der Waals surface area (Å²) in [5.41, 5.74) is 4.92. The molecule has 0 fully saturated rings. The molecule has 3 nitrogen and oxygen atoms in total. The number of carbonyl (C=O) groups is 1. The molecule has 0 saturated carbocycles. The molecule has 0 aromatic heterocycles. The summed E-state index contributed by atoms with van der Waals surface area (Å²) in [5, 5.41) is 2.42. The van der Waals surface area contributed by atoms with Crippen LogP contribution in [-0.2, 0) is 0 Å². The lowest BCUT2D eigenvalue weighted by Gasteiger charge is -2.14. The van der Waals surface area contributed by atoms with Crippen molar-refractivity contribution in [3.8, 4) is 11.8 Å². The van der Waals surface area contributed by atoms with Gasteiger partial charge >= 0.3 is 0 Å². The number of nitrogens with two attached hydrogens (primary N) is 1. The molecule has 2 aromatic carbocycles. The highest BCUT2D eigenvalue weighted by atomic mass is 19.2. The number of hydrogen-bond donors (Lipinski definition) is 2. The third-order valence-corrected chi connectivity index (χ3v) is 3.25. The minimum Gasteiger partial charge on any atom is -0.365 e. The lowest BCUT2D eigenvalue weighted by molar-refractivity contribution is 0.100. The van der Waals surface area contributed by atoms with Crippen LogP contribution in [-0.4, -0.2) is 5.91 Å². The first-order chi connectivity index (χ1) is 12.3. The Bertz CT molecular complexity index is 868. The van der Waals surface area contributed by atoms with Crippen LogP contribution >= 0.6 is 0 Å². The van der Waals surface area contributed by atoms with E-state index in [0.29, 0.717) is 12.0 Å². The molecule has 2 aromatic rings. The lowest BCUT2D eigenvalue weighted by atomic mass is 10.0. The molecule has 0 saturated heterocycles. The second-order valence-electron chi connectivity index (χ2n) is 5.10. The first-order valence-electron chi connectivity index (χ1n) is 8.19. The van der Waals surface area contributed by atoms with Gasteiger partial charge in [0, 0.05) is 12.0 Å². The fourth-order valence-corrected chi connectivity index (χ4v) is 2.14. The van der Waals surface area contributed by atoms with Crippen molar-refractivity contribution < 1.29 is 18.0 Å². The fourth-order valence-electron chi connectivity index (χ4n) is 2.14. The largest absolute Gasteiger partial charge is 0.365 e. The van der Waals surface area contributed by atoms with Crippen LogP contribution in [0, 0.1) is 36.2 Å². The normalized spacial score (nSPS) is 9.50. The average Bonchev–Trinajstić information content (AvgIpc) is 2.60.